The van der Waals surface area contributed by atoms with Gasteiger partial charge in [-0.15, -0.1) is 11.8 Å². The lowest BCUT2D eigenvalue weighted by atomic mass is 10.2. The van der Waals surface area contributed by atoms with Gasteiger partial charge in [-0.2, -0.15) is 0 Å². The van der Waals surface area contributed by atoms with E-state index in [1.165, 1.54) is 22.6 Å². The number of hydrogen-bond donors (Lipinski definition) is 1. The minimum atomic E-state index is -0.301. The first-order valence-electron chi connectivity index (χ1n) is 9.28. The molecule has 1 aliphatic rings. The molecule has 0 bridgehead atoms. The Bertz CT molecular complexity index is 728. The van der Waals surface area contributed by atoms with Crippen LogP contribution < -0.4 is 5.32 Å². The Hall–Kier alpha value is -1.89. The van der Waals surface area contributed by atoms with Crippen molar-refractivity contribution >= 4 is 23.4 Å². The first-order valence-corrected chi connectivity index (χ1v) is 10.3. The van der Waals surface area contributed by atoms with Crippen LogP contribution in [-0.4, -0.2) is 60.7 Å². The number of benzene rings is 2. The van der Waals surface area contributed by atoms with Crippen LogP contribution in [-0.2, 0) is 4.79 Å². The molecule has 1 heterocycles. The van der Waals surface area contributed by atoms with Gasteiger partial charge in [0.15, 0.2) is 0 Å². The highest BCUT2D eigenvalue weighted by Gasteiger charge is 2.18. The lowest BCUT2D eigenvalue weighted by Gasteiger charge is -2.34. The van der Waals surface area contributed by atoms with Crippen molar-refractivity contribution in [2.75, 3.05) is 50.3 Å². The molecule has 27 heavy (non-hydrogen) atoms. The molecule has 0 atom stereocenters. The zero-order valence-corrected chi connectivity index (χ0v) is 16.5. The normalized spacial score (nSPS) is 15.6. The molecule has 1 saturated heterocycles. The molecule has 0 aliphatic carbocycles. The maximum Gasteiger partial charge on any atom is 0.238 e. The summed E-state index contributed by atoms with van der Waals surface area (Å²) in [5.41, 5.74) is 1.92. The van der Waals surface area contributed by atoms with Crippen molar-refractivity contribution in [3.8, 4) is 0 Å². The van der Waals surface area contributed by atoms with Crippen LogP contribution in [0.25, 0.3) is 0 Å². The summed E-state index contributed by atoms with van der Waals surface area (Å²) in [6.45, 7) is 7.31. The number of anilines is 1. The Morgan fingerprint density at radius 3 is 2.30 bits per heavy atom. The van der Waals surface area contributed by atoms with Crippen molar-refractivity contribution in [1.29, 1.82) is 0 Å². The van der Waals surface area contributed by atoms with E-state index in [0.717, 1.165) is 38.5 Å². The van der Waals surface area contributed by atoms with Crippen molar-refractivity contribution in [1.82, 2.24) is 9.80 Å². The van der Waals surface area contributed by atoms with Gasteiger partial charge in [-0.25, -0.2) is 4.39 Å². The van der Waals surface area contributed by atoms with Crippen molar-refractivity contribution in [3.63, 3.8) is 0 Å². The van der Waals surface area contributed by atoms with Gasteiger partial charge in [0.1, 0.15) is 5.82 Å². The number of nitrogens with zero attached hydrogens (tertiary/aromatic N) is 2. The fourth-order valence-corrected chi connectivity index (χ4v) is 3.95. The van der Waals surface area contributed by atoms with Gasteiger partial charge in [-0.1, -0.05) is 17.7 Å². The summed E-state index contributed by atoms with van der Waals surface area (Å²) >= 11 is 1.89. The highest BCUT2D eigenvalue weighted by Crippen LogP contribution is 2.18. The molecule has 144 valence electrons. The molecule has 0 saturated carbocycles. The fourth-order valence-electron chi connectivity index (χ4n) is 3.03. The van der Waals surface area contributed by atoms with E-state index in [4.69, 9.17) is 0 Å². The molecule has 2 aromatic carbocycles. The van der Waals surface area contributed by atoms with E-state index in [0.29, 0.717) is 12.2 Å². The number of aryl methyl sites for hydroxylation is 1. The summed E-state index contributed by atoms with van der Waals surface area (Å²) in [5.74, 6) is 0.725. The van der Waals surface area contributed by atoms with Crippen molar-refractivity contribution < 1.29 is 9.18 Å². The second kappa shape index (κ2) is 9.88. The van der Waals surface area contributed by atoms with Crippen molar-refractivity contribution in [3.05, 3.63) is 59.9 Å². The second-order valence-electron chi connectivity index (χ2n) is 6.83. The van der Waals surface area contributed by atoms with E-state index in [9.17, 15) is 9.18 Å². The molecule has 0 aromatic heterocycles. The third-order valence-corrected chi connectivity index (χ3v) is 5.65. The van der Waals surface area contributed by atoms with Gasteiger partial charge in [0.2, 0.25) is 5.91 Å². The van der Waals surface area contributed by atoms with E-state index in [1.807, 2.05) is 11.8 Å². The summed E-state index contributed by atoms with van der Waals surface area (Å²) in [7, 11) is 0. The molecule has 2 aromatic rings. The van der Waals surface area contributed by atoms with E-state index in [2.05, 4.69) is 46.3 Å². The largest absolute Gasteiger partial charge is 0.325 e. The number of amides is 1. The van der Waals surface area contributed by atoms with Crippen LogP contribution in [0.5, 0.6) is 0 Å². The predicted octanol–water partition coefficient (Wildman–Crippen LogP) is 3.48. The van der Waals surface area contributed by atoms with Crippen LogP contribution in [0.3, 0.4) is 0 Å². The lowest BCUT2D eigenvalue weighted by molar-refractivity contribution is -0.117. The molecule has 1 aliphatic heterocycles. The predicted molar refractivity (Wildman–Crippen MR) is 110 cm³/mol. The summed E-state index contributed by atoms with van der Waals surface area (Å²) < 4.78 is 12.9. The van der Waals surface area contributed by atoms with E-state index in [1.54, 1.807) is 12.1 Å². The van der Waals surface area contributed by atoms with Crippen molar-refractivity contribution in [2.45, 2.75) is 11.8 Å². The molecule has 0 spiro atoms. The fraction of sp³-hybridized carbons (Fsp3) is 0.381. The van der Waals surface area contributed by atoms with Gasteiger partial charge in [0.25, 0.3) is 0 Å². The maximum absolute atomic E-state index is 12.9. The number of halogens is 1. The molecule has 3 rings (SSSR count). The van der Waals surface area contributed by atoms with E-state index < -0.39 is 0 Å². The highest BCUT2D eigenvalue weighted by atomic mass is 32.2. The average molecular weight is 388 g/mol. The number of nitrogens with one attached hydrogen (secondary N) is 1. The molecule has 6 heteroatoms. The quantitative estimate of drug-likeness (QED) is 0.738. The van der Waals surface area contributed by atoms with Gasteiger partial charge in [0, 0.05) is 49.1 Å². The van der Waals surface area contributed by atoms with Gasteiger partial charge in [-0.05, 0) is 43.3 Å². The molecule has 4 nitrogen and oxygen atoms in total. The first kappa shape index (κ1) is 19.9. The van der Waals surface area contributed by atoms with Gasteiger partial charge >= 0.3 is 0 Å². The number of hydrogen-bond acceptors (Lipinski definition) is 4. The Morgan fingerprint density at radius 1 is 1.00 bits per heavy atom. The van der Waals surface area contributed by atoms with Gasteiger partial charge in [-0.3, -0.25) is 14.6 Å². The third kappa shape index (κ3) is 6.65. The zero-order chi connectivity index (χ0) is 19.1. The van der Waals surface area contributed by atoms with E-state index in [-0.39, 0.29) is 11.7 Å². The van der Waals surface area contributed by atoms with Crippen LogP contribution in [0.15, 0.2) is 53.4 Å². The van der Waals surface area contributed by atoms with Gasteiger partial charge < -0.3 is 5.32 Å². The summed E-state index contributed by atoms with van der Waals surface area (Å²) in [5, 5.41) is 2.82. The minimum absolute atomic E-state index is 0.0509. The lowest BCUT2D eigenvalue weighted by Crippen LogP contribution is -2.49. The number of piperazine rings is 1. The number of rotatable bonds is 7. The summed E-state index contributed by atoms with van der Waals surface area (Å²) in [6.07, 6.45) is 0. The second-order valence-corrected chi connectivity index (χ2v) is 8.00. The Labute approximate surface area is 164 Å². The Morgan fingerprint density at radius 2 is 1.63 bits per heavy atom. The third-order valence-electron chi connectivity index (χ3n) is 4.66. The summed E-state index contributed by atoms with van der Waals surface area (Å²) in [6, 6.07) is 14.5. The minimum Gasteiger partial charge on any atom is -0.325 e. The van der Waals surface area contributed by atoms with Crippen LogP contribution in [0.4, 0.5) is 10.1 Å². The Balaban J connectivity index is 1.33. The van der Waals surface area contributed by atoms with Crippen LogP contribution >= 0.6 is 11.8 Å². The number of carbonyl (C=O) groups excluding carboxylic acids is 1. The maximum atomic E-state index is 12.9. The van der Waals surface area contributed by atoms with Crippen LogP contribution in [0.2, 0.25) is 0 Å². The smallest absolute Gasteiger partial charge is 0.238 e. The van der Waals surface area contributed by atoms with Gasteiger partial charge in [0.05, 0.1) is 6.54 Å². The molecule has 1 N–H and O–H groups in total. The zero-order valence-electron chi connectivity index (χ0n) is 15.7. The van der Waals surface area contributed by atoms with E-state index >= 15 is 0 Å². The molecule has 1 amide bonds. The summed E-state index contributed by atoms with van der Waals surface area (Å²) in [4.78, 5) is 18.1. The molecule has 0 unspecified atom stereocenters. The van der Waals surface area contributed by atoms with Crippen LogP contribution in [0.1, 0.15) is 5.56 Å². The SMILES string of the molecule is Cc1ccc(SCCN2CCN(CC(=O)Nc3ccc(F)cc3)CC2)cc1. The van der Waals surface area contributed by atoms with Crippen molar-refractivity contribution in [2.24, 2.45) is 0 Å². The monoisotopic (exact) mass is 387 g/mol. The Kier molecular flexibility index (Phi) is 7.26. The standard InChI is InChI=1S/C21H26FN3OS/c1-17-2-8-20(9-3-17)27-15-14-24-10-12-25(13-11-24)16-21(26)23-19-6-4-18(22)5-7-19/h2-9H,10-16H2,1H3,(H,23,26). The number of carbonyl (C=O) groups is 1. The molecular weight excluding hydrogens is 361 g/mol. The van der Waals surface area contributed by atoms with Crippen LogP contribution in [0, 0.1) is 12.7 Å². The number of thioether (sulfide) groups is 1. The molecule has 1 fully saturated rings. The molecular formula is C21H26FN3OS. The first-order chi connectivity index (χ1) is 13.1. The topological polar surface area (TPSA) is 35.6 Å². The average Bonchev–Trinajstić information content (AvgIpc) is 2.67. The highest BCUT2D eigenvalue weighted by molar-refractivity contribution is 7.99. The molecule has 0 radical (unpaired) electrons.